The minimum atomic E-state index is -1.24. The number of carbonyl (C=O) groups is 2. The summed E-state index contributed by atoms with van der Waals surface area (Å²) < 4.78 is 10.7. The molecule has 0 saturated carbocycles. The zero-order valence-electron chi connectivity index (χ0n) is 14.0. The molecule has 1 amide bonds. The molecule has 0 unspecified atom stereocenters. The van der Waals surface area contributed by atoms with Crippen LogP contribution in [0.4, 0.5) is 0 Å². The zero-order valence-corrected chi connectivity index (χ0v) is 14.0. The molecule has 0 aliphatic heterocycles. The van der Waals surface area contributed by atoms with Crippen LogP contribution in [0.25, 0.3) is 6.08 Å². The fraction of sp³-hybridized carbons (Fsp3) is 0.158. The lowest BCUT2D eigenvalue weighted by Crippen LogP contribution is -2.27. The van der Waals surface area contributed by atoms with E-state index in [4.69, 9.17) is 9.47 Å². The van der Waals surface area contributed by atoms with E-state index in [9.17, 15) is 14.7 Å². The van der Waals surface area contributed by atoms with Crippen molar-refractivity contribution < 1.29 is 24.2 Å². The van der Waals surface area contributed by atoms with Gasteiger partial charge in [-0.1, -0.05) is 24.3 Å². The molecule has 0 aliphatic carbocycles. The van der Waals surface area contributed by atoms with Crippen molar-refractivity contribution in [2.45, 2.75) is 6.92 Å². The monoisotopic (exact) mass is 341 g/mol. The third-order valence-corrected chi connectivity index (χ3v) is 3.31. The topological polar surface area (TPSA) is 84.9 Å². The number of nitrogens with one attached hydrogen (secondary N) is 1. The number of amides is 1. The minimum Gasteiger partial charge on any atom is -0.493 e. The van der Waals surface area contributed by atoms with Crippen molar-refractivity contribution in [3.8, 4) is 11.5 Å². The van der Waals surface area contributed by atoms with Gasteiger partial charge < -0.3 is 19.9 Å². The molecule has 2 N–H and O–H groups in total. The van der Waals surface area contributed by atoms with Gasteiger partial charge in [-0.2, -0.15) is 0 Å². The Bertz CT molecular complexity index is 784. The van der Waals surface area contributed by atoms with Crippen molar-refractivity contribution in [2.24, 2.45) is 0 Å². The van der Waals surface area contributed by atoms with Gasteiger partial charge in [0, 0.05) is 5.56 Å². The van der Waals surface area contributed by atoms with E-state index in [1.54, 1.807) is 48.5 Å². The van der Waals surface area contributed by atoms with E-state index >= 15 is 0 Å². The Morgan fingerprint density at radius 2 is 1.84 bits per heavy atom. The standard InChI is InChI=1S/C19H19NO5/c1-3-25-17-12-13(9-10-16(17)24-2)11-15(19(22)23)20-18(21)14-7-5-4-6-8-14/h4-12H,3H2,1-2H3,(H,20,21)(H,22,23). The maximum Gasteiger partial charge on any atom is 0.352 e. The highest BCUT2D eigenvalue weighted by Crippen LogP contribution is 2.28. The summed E-state index contributed by atoms with van der Waals surface area (Å²) in [4.78, 5) is 23.6. The molecule has 0 radical (unpaired) electrons. The van der Waals surface area contributed by atoms with E-state index < -0.39 is 11.9 Å². The smallest absolute Gasteiger partial charge is 0.352 e. The summed E-state index contributed by atoms with van der Waals surface area (Å²) in [5.74, 6) is -0.687. The number of hydrogen-bond donors (Lipinski definition) is 2. The first kappa shape index (κ1) is 18.1. The summed E-state index contributed by atoms with van der Waals surface area (Å²) in [5, 5.41) is 11.8. The number of carboxylic acid groups (broad SMARTS) is 1. The Labute approximate surface area is 145 Å². The summed E-state index contributed by atoms with van der Waals surface area (Å²) in [6.07, 6.45) is 1.37. The van der Waals surface area contributed by atoms with E-state index in [0.29, 0.717) is 29.2 Å². The minimum absolute atomic E-state index is 0.235. The second kappa shape index (κ2) is 8.54. The molecule has 25 heavy (non-hydrogen) atoms. The maximum absolute atomic E-state index is 12.2. The summed E-state index contributed by atoms with van der Waals surface area (Å²) in [7, 11) is 1.52. The summed E-state index contributed by atoms with van der Waals surface area (Å²) in [5.41, 5.74) is 0.705. The van der Waals surface area contributed by atoms with Gasteiger partial charge in [-0.25, -0.2) is 4.79 Å². The van der Waals surface area contributed by atoms with Crippen molar-refractivity contribution in [3.05, 3.63) is 65.4 Å². The average molecular weight is 341 g/mol. The van der Waals surface area contributed by atoms with Crippen LogP contribution in [0.3, 0.4) is 0 Å². The van der Waals surface area contributed by atoms with Crippen LogP contribution < -0.4 is 14.8 Å². The lowest BCUT2D eigenvalue weighted by molar-refractivity contribution is -0.132. The highest BCUT2D eigenvalue weighted by molar-refractivity contribution is 6.02. The number of carbonyl (C=O) groups excluding carboxylic acids is 1. The molecular formula is C19H19NO5. The molecule has 0 aliphatic rings. The van der Waals surface area contributed by atoms with E-state index in [2.05, 4.69) is 5.32 Å². The first-order valence-electron chi connectivity index (χ1n) is 7.67. The van der Waals surface area contributed by atoms with E-state index in [0.717, 1.165) is 0 Å². The molecule has 0 heterocycles. The van der Waals surface area contributed by atoms with Crippen LogP contribution in [0.1, 0.15) is 22.8 Å². The number of benzene rings is 2. The fourth-order valence-corrected chi connectivity index (χ4v) is 2.15. The van der Waals surface area contributed by atoms with E-state index in [-0.39, 0.29) is 5.70 Å². The summed E-state index contributed by atoms with van der Waals surface area (Å²) >= 11 is 0. The fourth-order valence-electron chi connectivity index (χ4n) is 2.15. The molecule has 2 aromatic rings. The van der Waals surface area contributed by atoms with Crippen molar-refractivity contribution in [1.29, 1.82) is 0 Å². The molecule has 2 aromatic carbocycles. The normalized spacial score (nSPS) is 10.9. The van der Waals surface area contributed by atoms with Crippen LogP contribution in [-0.4, -0.2) is 30.7 Å². The van der Waals surface area contributed by atoms with Crippen LogP contribution in [-0.2, 0) is 4.79 Å². The maximum atomic E-state index is 12.2. The number of ether oxygens (including phenoxy) is 2. The van der Waals surface area contributed by atoms with Gasteiger partial charge in [0.1, 0.15) is 5.70 Å². The van der Waals surface area contributed by atoms with Gasteiger partial charge >= 0.3 is 5.97 Å². The third-order valence-electron chi connectivity index (χ3n) is 3.31. The van der Waals surface area contributed by atoms with Gasteiger partial charge in [-0.05, 0) is 42.8 Å². The van der Waals surface area contributed by atoms with E-state index in [1.807, 2.05) is 6.92 Å². The zero-order chi connectivity index (χ0) is 18.2. The highest BCUT2D eigenvalue weighted by atomic mass is 16.5. The van der Waals surface area contributed by atoms with Crippen LogP contribution in [0.15, 0.2) is 54.2 Å². The second-order valence-electron chi connectivity index (χ2n) is 5.03. The van der Waals surface area contributed by atoms with Gasteiger partial charge in [-0.3, -0.25) is 4.79 Å². The quantitative estimate of drug-likeness (QED) is 0.756. The number of hydrogen-bond acceptors (Lipinski definition) is 4. The van der Waals surface area contributed by atoms with Gasteiger partial charge in [0.25, 0.3) is 5.91 Å². The Hall–Kier alpha value is -3.28. The van der Waals surface area contributed by atoms with Crippen molar-refractivity contribution in [2.75, 3.05) is 13.7 Å². The molecule has 0 saturated heterocycles. The number of carboxylic acids is 1. The lowest BCUT2D eigenvalue weighted by atomic mass is 10.1. The molecule has 0 bridgehead atoms. The summed E-state index contributed by atoms with van der Waals surface area (Å²) in [6, 6.07) is 13.4. The molecule has 0 atom stereocenters. The Morgan fingerprint density at radius 3 is 2.44 bits per heavy atom. The predicted molar refractivity (Wildman–Crippen MR) is 93.7 cm³/mol. The first-order chi connectivity index (χ1) is 12.0. The second-order valence-corrected chi connectivity index (χ2v) is 5.03. The van der Waals surface area contributed by atoms with Crippen molar-refractivity contribution >= 4 is 18.0 Å². The Morgan fingerprint density at radius 1 is 1.12 bits per heavy atom. The average Bonchev–Trinajstić information content (AvgIpc) is 2.62. The molecular weight excluding hydrogens is 322 g/mol. The molecule has 2 rings (SSSR count). The molecule has 6 nitrogen and oxygen atoms in total. The van der Waals surface area contributed by atoms with Crippen LogP contribution in [0, 0.1) is 0 Å². The molecule has 0 spiro atoms. The van der Waals surface area contributed by atoms with Gasteiger partial charge in [0.2, 0.25) is 0 Å². The third kappa shape index (κ3) is 4.84. The van der Waals surface area contributed by atoms with Crippen molar-refractivity contribution in [1.82, 2.24) is 5.32 Å². The first-order valence-corrected chi connectivity index (χ1v) is 7.67. The molecule has 0 fully saturated rings. The molecule has 0 aromatic heterocycles. The predicted octanol–water partition coefficient (Wildman–Crippen LogP) is 2.95. The van der Waals surface area contributed by atoms with Gasteiger partial charge in [-0.15, -0.1) is 0 Å². The highest BCUT2D eigenvalue weighted by Gasteiger charge is 2.14. The SMILES string of the molecule is CCOc1cc(C=C(NC(=O)c2ccccc2)C(=O)O)ccc1OC. The number of methoxy groups -OCH3 is 1. The van der Waals surface area contributed by atoms with Crippen LogP contribution >= 0.6 is 0 Å². The molecule has 6 heteroatoms. The Kier molecular flexibility index (Phi) is 6.17. The van der Waals surface area contributed by atoms with Crippen LogP contribution in [0.5, 0.6) is 11.5 Å². The van der Waals surface area contributed by atoms with Gasteiger partial charge in [0.05, 0.1) is 13.7 Å². The lowest BCUT2D eigenvalue weighted by Gasteiger charge is -2.10. The van der Waals surface area contributed by atoms with Crippen molar-refractivity contribution in [3.63, 3.8) is 0 Å². The van der Waals surface area contributed by atoms with Crippen LogP contribution in [0.2, 0.25) is 0 Å². The molecule has 130 valence electrons. The number of rotatable bonds is 7. The van der Waals surface area contributed by atoms with Gasteiger partial charge in [0.15, 0.2) is 11.5 Å². The van der Waals surface area contributed by atoms with E-state index in [1.165, 1.54) is 13.2 Å². The largest absolute Gasteiger partial charge is 0.493 e. The summed E-state index contributed by atoms with van der Waals surface area (Å²) in [6.45, 7) is 2.28. The number of aliphatic carboxylic acids is 1. The Balaban J connectivity index is 2.29.